The Bertz CT molecular complexity index is 586. The number of rotatable bonds is 3. The molecule has 2 heterocycles. The van der Waals surface area contributed by atoms with Gasteiger partial charge in [0.15, 0.2) is 0 Å². The highest BCUT2D eigenvalue weighted by Gasteiger charge is 2.31. The average molecular weight is 314 g/mol. The lowest BCUT2D eigenvalue weighted by atomic mass is 10.1. The molecule has 21 heavy (non-hydrogen) atoms. The molecule has 0 aromatic carbocycles. The second kappa shape index (κ2) is 6.44. The SMILES string of the molecule is CCn1ncc(N2CCNCC2C(=O)N(C)C)c(Cl)c1=O. The first-order valence-electron chi connectivity index (χ1n) is 6.91. The van der Waals surface area contributed by atoms with Crippen molar-refractivity contribution in [2.75, 3.05) is 38.6 Å². The maximum atomic E-state index is 12.3. The number of nitrogens with zero attached hydrogens (tertiary/aromatic N) is 4. The molecular formula is C13H20ClN5O2. The highest BCUT2D eigenvalue weighted by atomic mass is 35.5. The third-order valence-corrected chi connectivity index (χ3v) is 3.90. The second-order valence-electron chi connectivity index (χ2n) is 5.11. The van der Waals surface area contributed by atoms with E-state index in [0.717, 1.165) is 6.54 Å². The Hall–Kier alpha value is -1.60. The Morgan fingerprint density at radius 2 is 2.29 bits per heavy atom. The third kappa shape index (κ3) is 3.03. The van der Waals surface area contributed by atoms with Crippen molar-refractivity contribution in [2.45, 2.75) is 19.5 Å². The average Bonchev–Trinajstić information content (AvgIpc) is 2.49. The summed E-state index contributed by atoms with van der Waals surface area (Å²) in [5.74, 6) is -0.0297. The van der Waals surface area contributed by atoms with Crippen molar-refractivity contribution in [3.63, 3.8) is 0 Å². The maximum Gasteiger partial charge on any atom is 0.287 e. The van der Waals surface area contributed by atoms with E-state index in [-0.39, 0.29) is 22.5 Å². The van der Waals surface area contributed by atoms with Gasteiger partial charge in [0.25, 0.3) is 5.56 Å². The number of anilines is 1. The number of halogens is 1. The van der Waals surface area contributed by atoms with Gasteiger partial charge in [-0.25, -0.2) is 4.68 Å². The maximum absolute atomic E-state index is 12.3. The number of aromatic nitrogens is 2. The molecule has 7 nitrogen and oxygen atoms in total. The number of hydrogen-bond donors (Lipinski definition) is 1. The lowest BCUT2D eigenvalue weighted by Crippen LogP contribution is -2.58. The van der Waals surface area contributed by atoms with E-state index in [1.165, 1.54) is 4.68 Å². The van der Waals surface area contributed by atoms with Gasteiger partial charge in [-0.15, -0.1) is 0 Å². The number of amides is 1. The van der Waals surface area contributed by atoms with E-state index in [0.29, 0.717) is 25.3 Å². The summed E-state index contributed by atoms with van der Waals surface area (Å²) in [5.41, 5.74) is 0.194. The molecule has 8 heteroatoms. The van der Waals surface area contributed by atoms with Gasteiger partial charge in [0, 0.05) is 40.3 Å². The van der Waals surface area contributed by atoms with Gasteiger partial charge in [-0.05, 0) is 6.92 Å². The smallest absolute Gasteiger partial charge is 0.287 e. The van der Waals surface area contributed by atoms with Crippen LogP contribution in [-0.4, -0.2) is 60.4 Å². The van der Waals surface area contributed by atoms with Gasteiger partial charge in [0.05, 0.1) is 11.9 Å². The van der Waals surface area contributed by atoms with Crippen molar-refractivity contribution < 1.29 is 4.79 Å². The van der Waals surface area contributed by atoms with Crippen LogP contribution >= 0.6 is 11.6 Å². The Labute approximate surface area is 128 Å². The van der Waals surface area contributed by atoms with Gasteiger partial charge >= 0.3 is 0 Å². The van der Waals surface area contributed by atoms with Gasteiger partial charge in [-0.2, -0.15) is 5.10 Å². The molecule has 0 radical (unpaired) electrons. The number of likely N-dealkylation sites (N-methyl/N-ethyl adjacent to an activating group) is 1. The summed E-state index contributed by atoms with van der Waals surface area (Å²) in [6.45, 7) is 4.13. The zero-order chi connectivity index (χ0) is 15.6. The molecule has 1 aromatic heterocycles. The first kappa shape index (κ1) is 15.8. The molecule has 0 bridgehead atoms. The minimum atomic E-state index is -0.384. The van der Waals surface area contributed by atoms with E-state index < -0.39 is 0 Å². The van der Waals surface area contributed by atoms with Crippen molar-refractivity contribution in [3.8, 4) is 0 Å². The summed E-state index contributed by atoms with van der Waals surface area (Å²) >= 11 is 6.20. The molecule has 2 rings (SSSR count). The van der Waals surface area contributed by atoms with E-state index >= 15 is 0 Å². The fraction of sp³-hybridized carbons (Fsp3) is 0.615. The van der Waals surface area contributed by atoms with Crippen LogP contribution in [0.1, 0.15) is 6.92 Å². The summed E-state index contributed by atoms with van der Waals surface area (Å²) in [5, 5.41) is 7.41. The Balaban J connectivity index is 2.41. The first-order chi connectivity index (χ1) is 9.97. The van der Waals surface area contributed by atoms with Gasteiger partial charge in [0.2, 0.25) is 5.91 Å². The number of carbonyl (C=O) groups is 1. The largest absolute Gasteiger partial charge is 0.355 e. The molecule has 1 aliphatic heterocycles. The lowest BCUT2D eigenvalue weighted by molar-refractivity contribution is -0.130. The predicted octanol–water partition coefficient (Wildman–Crippen LogP) is -0.217. The van der Waals surface area contributed by atoms with Crippen LogP contribution in [0.4, 0.5) is 5.69 Å². The molecule has 1 fully saturated rings. The molecule has 1 unspecified atom stereocenters. The molecule has 1 N–H and O–H groups in total. The van der Waals surface area contributed by atoms with E-state index in [1.54, 1.807) is 25.2 Å². The molecule has 1 saturated heterocycles. The van der Waals surface area contributed by atoms with E-state index in [1.807, 2.05) is 11.8 Å². The molecule has 0 saturated carbocycles. The fourth-order valence-corrected chi connectivity index (χ4v) is 2.65. The van der Waals surface area contributed by atoms with Gasteiger partial charge in [-0.1, -0.05) is 11.6 Å². The minimum absolute atomic E-state index is 0.0297. The molecular weight excluding hydrogens is 294 g/mol. The molecule has 116 valence electrons. The van der Waals surface area contributed by atoms with Crippen LogP contribution in [0.5, 0.6) is 0 Å². The highest BCUT2D eigenvalue weighted by Crippen LogP contribution is 2.24. The summed E-state index contributed by atoms with van der Waals surface area (Å²) in [6, 6.07) is -0.384. The summed E-state index contributed by atoms with van der Waals surface area (Å²) in [7, 11) is 3.42. The van der Waals surface area contributed by atoms with E-state index in [4.69, 9.17) is 11.6 Å². The molecule has 1 amide bonds. The highest BCUT2D eigenvalue weighted by molar-refractivity contribution is 6.33. The van der Waals surface area contributed by atoms with Crippen molar-refractivity contribution >= 4 is 23.2 Å². The predicted molar refractivity (Wildman–Crippen MR) is 81.9 cm³/mol. The van der Waals surface area contributed by atoms with Crippen LogP contribution in [0.25, 0.3) is 0 Å². The van der Waals surface area contributed by atoms with Gasteiger partial charge in [0.1, 0.15) is 11.1 Å². The van der Waals surface area contributed by atoms with Gasteiger partial charge in [-0.3, -0.25) is 9.59 Å². The Morgan fingerprint density at radius 1 is 1.57 bits per heavy atom. The molecule has 0 aliphatic carbocycles. The van der Waals surface area contributed by atoms with Crippen molar-refractivity contribution in [1.82, 2.24) is 20.0 Å². The topological polar surface area (TPSA) is 70.5 Å². The van der Waals surface area contributed by atoms with Crippen LogP contribution < -0.4 is 15.8 Å². The van der Waals surface area contributed by atoms with Crippen LogP contribution in [0, 0.1) is 0 Å². The second-order valence-corrected chi connectivity index (χ2v) is 5.49. The van der Waals surface area contributed by atoms with Crippen LogP contribution in [0.15, 0.2) is 11.0 Å². The number of nitrogens with one attached hydrogen (secondary N) is 1. The van der Waals surface area contributed by atoms with Crippen molar-refractivity contribution in [1.29, 1.82) is 0 Å². The summed E-state index contributed by atoms with van der Waals surface area (Å²) in [6.07, 6.45) is 1.56. The zero-order valence-corrected chi connectivity index (χ0v) is 13.2. The van der Waals surface area contributed by atoms with Crippen LogP contribution in [-0.2, 0) is 11.3 Å². The van der Waals surface area contributed by atoms with E-state index in [2.05, 4.69) is 10.4 Å². The summed E-state index contributed by atoms with van der Waals surface area (Å²) < 4.78 is 1.30. The quantitative estimate of drug-likeness (QED) is 0.835. The minimum Gasteiger partial charge on any atom is -0.355 e. The first-order valence-corrected chi connectivity index (χ1v) is 7.29. The van der Waals surface area contributed by atoms with Crippen LogP contribution in [0.3, 0.4) is 0 Å². The lowest BCUT2D eigenvalue weighted by Gasteiger charge is -2.38. The number of aryl methyl sites for hydroxylation is 1. The molecule has 1 aromatic rings. The van der Waals surface area contributed by atoms with Crippen molar-refractivity contribution in [2.24, 2.45) is 0 Å². The number of carbonyl (C=O) groups excluding carboxylic acids is 1. The fourth-order valence-electron chi connectivity index (χ4n) is 2.39. The van der Waals surface area contributed by atoms with E-state index in [9.17, 15) is 9.59 Å². The van der Waals surface area contributed by atoms with Gasteiger partial charge < -0.3 is 15.1 Å². The standard InChI is InChI=1S/C13H20ClN5O2/c1-4-19-13(21)11(14)9(8-16-19)18-6-5-15-7-10(18)12(20)17(2)3/h8,10,15H,4-7H2,1-3H3. The molecule has 1 atom stereocenters. The molecule has 0 spiro atoms. The normalized spacial score (nSPS) is 18.7. The Kier molecular flexibility index (Phi) is 4.84. The van der Waals surface area contributed by atoms with Crippen LogP contribution in [0.2, 0.25) is 5.02 Å². The number of hydrogen-bond acceptors (Lipinski definition) is 5. The monoisotopic (exact) mass is 313 g/mol. The van der Waals surface area contributed by atoms with Crippen molar-refractivity contribution in [3.05, 3.63) is 21.6 Å². The molecule has 1 aliphatic rings. The zero-order valence-electron chi connectivity index (χ0n) is 12.5. The third-order valence-electron chi connectivity index (χ3n) is 3.54. The summed E-state index contributed by atoms with van der Waals surface area (Å²) in [4.78, 5) is 27.8. The Morgan fingerprint density at radius 3 is 2.90 bits per heavy atom. The number of piperazine rings is 1.